The van der Waals surface area contributed by atoms with Crippen molar-refractivity contribution >= 4 is 22.8 Å². The van der Waals surface area contributed by atoms with Crippen molar-refractivity contribution in [1.82, 2.24) is 19.8 Å². The van der Waals surface area contributed by atoms with Crippen LogP contribution in [0.2, 0.25) is 0 Å². The zero-order chi connectivity index (χ0) is 14.1. The molecule has 6 nitrogen and oxygen atoms in total. The van der Waals surface area contributed by atoms with E-state index in [0.29, 0.717) is 24.1 Å². The number of carbonyl (C=O) groups excluding carboxylic acids is 1. The number of hydrogen-bond donors (Lipinski definition) is 2. The van der Waals surface area contributed by atoms with Gasteiger partial charge in [-0.05, 0) is 19.2 Å². The Hall–Kier alpha value is -2.15. The zero-order valence-electron chi connectivity index (χ0n) is 11.2. The van der Waals surface area contributed by atoms with Crippen LogP contribution < -0.4 is 5.32 Å². The van der Waals surface area contributed by atoms with Crippen LogP contribution in [0.5, 0.6) is 0 Å². The second kappa shape index (κ2) is 5.09. The second-order valence-corrected chi connectivity index (χ2v) is 4.93. The molecule has 1 saturated heterocycles. The summed E-state index contributed by atoms with van der Waals surface area (Å²) in [6.45, 7) is 2.94. The quantitative estimate of drug-likeness (QED) is 0.830. The van der Waals surface area contributed by atoms with Gasteiger partial charge in [-0.1, -0.05) is 0 Å². The highest BCUT2D eigenvalue weighted by Gasteiger charge is 2.21. The van der Waals surface area contributed by atoms with Gasteiger partial charge in [-0.25, -0.2) is 9.78 Å². The molecule has 20 heavy (non-hydrogen) atoms. The van der Waals surface area contributed by atoms with Crippen LogP contribution in [0, 0.1) is 5.95 Å². The van der Waals surface area contributed by atoms with Gasteiger partial charge >= 0.3 is 6.03 Å². The van der Waals surface area contributed by atoms with Gasteiger partial charge in [0, 0.05) is 37.8 Å². The number of amides is 2. The molecule has 1 fully saturated rings. The molecule has 0 spiro atoms. The average molecular weight is 277 g/mol. The van der Waals surface area contributed by atoms with Gasteiger partial charge in [0.25, 0.3) is 0 Å². The first-order chi connectivity index (χ1) is 9.65. The summed E-state index contributed by atoms with van der Waals surface area (Å²) in [7, 11) is 2.01. The summed E-state index contributed by atoms with van der Waals surface area (Å²) in [5.41, 5.74) is 0.593. The number of aromatic nitrogens is 2. The average Bonchev–Trinajstić information content (AvgIpc) is 2.76. The van der Waals surface area contributed by atoms with Crippen molar-refractivity contribution in [3.63, 3.8) is 0 Å². The molecule has 0 unspecified atom stereocenters. The fourth-order valence-corrected chi connectivity index (χ4v) is 2.31. The number of carbonyl (C=O) groups is 1. The van der Waals surface area contributed by atoms with E-state index in [1.807, 2.05) is 7.05 Å². The summed E-state index contributed by atoms with van der Waals surface area (Å²) in [5.74, 6) is -0.568. The summed E-state index contributed by atoms with van der Waals surface area (Å²) < 4.78 is 13.9. The molecule has 0 aromatic carbocycles. The number of hydrogen-bond acceptors (Lipinski definition) is 3. The lowest BCUT2D eigenvalue weighted by Gasteiger charge is -2.32. The van der Waals surface area contributed by atoms with Crippen LogP contribution in [-0.4, -0.2) is 59.0 Å². The number of likely N-dealkylation sites (N-methyl/N-ethyl adjacent to an activating group) is 1. The summed E-state index contributed by atoms with van der Waals surface area (Å²) >= 11 is 0. The van der Waals surface area contributed by atoms with Gasteiger partial charge in [0.05, 0.1) is 0 Å². The predicted molar refractivity (Wildman–Crippen MR) is 74.1 cm³/mol. The number of piperazine rings is 1. The second-order valence-electron chi connectivity index (χ2n) is 4.93. The molecule has 2 amide bonds. The van der Waals surface area contributed by atoms with E-state index in [1.54, 1.807) is 23.2 Å². The zero-order valence-corrected chi connectivity index (χ0v) is 11.2. The minimum Gasteiger partial charge on any atom is -0.322 e. The van der Waals surface area contributed by atoms with Gasteiger partial charge in [-0.15, -0.1) is 0 Å². The Kier molecular flexibility index (Phi) is 3.27. The summed E-state index contributed by atoms with van der Waals surface area (Å²) in [4.78, 5) is 22.6. The van der Waals surface area contributed by atoms with E-state index in [4.69, 9.17) is 0 Å². The van der Waals surface area contributed by atoms with Crippen molar-refractivity contribution in [2.24, 2.45) is 0 Å². The fraction of sp³-hybridized carbons (Fsp3) is 0.385. The van der Waals surface area contributed by atoms with Gasteiger partial charge in [0.1, 0.15) is 11.3 Å². The maximum Gasteiger partial charge on any atom is 0.322 e. The Morgan fingerprint density at radius 2 is 2.15 bits per heavy atom. The summed E-state index contributed by atoms with van der Waals surface area (Å²) in [6.07, 6.45) is 1.57. The molecular formula is C13H16FN5O. The highest BCUT2D eigenvalue weighted by Crippen LogP contribution is 2.25. The maximum absolute atomic E-state index is 13.9. The Bertz CT molecular complexity index is 633. The number of urea groups is 1. The van der Waals surface area contributed by atoms with Crippen LogP contribution in [0.25, 0.3) is 11.0 Å². The minimum atomic E-state index is -0.568. The highest BCUT2D eigenvalue weighted by atomic mass is 19.1. The maximum atomic E-state index is 13.9. The summed E-state index contributed by atoms with van der Waals surface area (Å²) in [5, 5.41) is 3.22. The van der Waals surface area contributed by atoms with Crippen LogP contribution in [0.15, 0.2) is 18.3 Å². The molecule has 3 rings (SSSR count). The monoisotopic (exact) mass is 277 g/mol. The van der Waals surface area contributed by atoms with Gasteiger partial charge in [0.2, 0.25) is 5.95 Å². The lowest BCUT2D eigenvalue weighted by Crippen LogP contribution is -2.48. The number of nitrogens with one attached hydrogen (secondary N) is 2. The number of aromatic amines is 1. The molecular weight excluding hydrogens is 261 g/mol. The smallest absolute Gasteiger partial charge is 0.322 e. The lowest BCUT2D eigenvalue weighted by atomic mass is 10.3. The van der Waals surface area contributed by atoms with E-state index in [9.17, 15) is 9.18 Å². The molecule has 0 radical (unpaired) electrons. The Labute approximate surface area is 115 Å². The normalized spacial score (nSPS) is 16.6. The molecule has 1 aliphatic heterocycles. The molecule has 0 saturated carbocycles. The number of anilines is 1. The third-order valence-corrected chi connectivity index (χ3v) is 3.55. The number of H-pyrrole nitrogens is 1. The van der Waals surface area contributed by atoms with Crippen molar-refractivity contribution in [2.45, 2.75) is 0 Å². The van der Waals surface area contributed by atoms with Crippen LogP contribution in [0.4, 0.5) is 14.9 Å². The van der Waals surface area contributed by atoms with E-state index in [1.165, 1.54) is 0 Å². The van der Waals surface area contributed by atoms with E-state index >= 15 is 0 Å². The molecule has 2 aromatic heterocycles. The van der Waals surface area contributed by atoms with Crippen LogP contribution in [0.3, 0.4) is 0 Å². The number of nitrogens with zero attached hydrogens (tertiary/aromatic N) is 3. The largest absolute Gasteiger partial charge is 0.322 e. The first-order valence-electron chi connectivity index (χ1n) is 6.52. The van der Waals surface area contributed by atoms with Gasteiger partial charge in [-0.3, -0.25) is 0 Å². The molecule has 106 valence electrons. The number of halogens is 1. The SMILES string of the molecule is CN1CCN(C(=O)Nc2c(F)[nH]c3ncccc23)CC1. The summed E-state index contributed by atoms with van der Waals surface area (Å²) in [6, 6.07) is 3.16. The lowest BCUT2D eigenvalue weighted by molar-refractivity contribution is 0.164. The molecule has 2 aromatic rings. The number of pyridine rings is 1. The van der Waals surface area contributed by atoms with Crippen LogP contribution in [0.1, 0.15) is 0 Å². The number of fused-ring (bicyclic) bond motifs is 1. The molecule has 2 N–H and O–H groups in total. The van der Waals surface area contributed by atoms with Gasteiger partial charge in [-0.2, -0.15) is 4.39 Å². The topological polar surface area (TPSA) is 64.3 Å². The molecule has 0 bridgehead atoms. The van der Waals surface area contributed by atoms with Crippen LogP contribution in [-0.2, 0) is 0 Å². The van der Waals surface area contributed by atoms with Gasteiger partial charge < -0.3 is 20.1 Å². The Balaban J connectivity index is 1.79. The van der Waals surface area contributed by atoms with E-state index in [2.05, 4.69) is 20.2 Å². The Morgan fingerprint density at radius 1 is 1.40 bits per heavy atom. The Morgan fingerprint density at radius 3 is 2.90 bits per heavy atom. The van der Waals surface area contributed by atoms with E-state index < -0.39 is 5.95 Å². The van der Waals surface area contributed by atoms with Crippen molar-refractivity contribution in [1.29, 1.82) is 0 Å². The van der Waals surface area contributed by atoms with Crippen LogP contribution >= 0.6 is 0 Å². The molecule has 0 atom stereocenters. The standard InChI is InChI=1S/C13H16FN5O/c1-18-5-7-19(8-6-18)13(20)16-10-9-3-2-4-15-12(9)17-11(10)14/h2-4H,5-8H2,1H3,(H,15,17)(H,16,20). The van der Waals surface area contributed by atoms with Gasteiger partial charge in [0.15, 0.2) is 0 Å². The van der Waals surface area contributed by atoms with Crippen molar-refractivity contribution in [2.75, 3.05) is 38.5 Å². The van der Waals surface area contributed by atoms with E-state index in [0.717, 1.165) is 13.1 Å². The number of rotatable bonds is 1. The van der Waals surface area contributed by atoms with Crippen molar-refractivity contribution < 1.29 is 9.18 Å². The third kappa shape index (κ3) is 2.32. The molecule has 7 heteroatoms. The molecule has 3 heterocycles. The molecule has 0 aliphatic carbocycles. The van der Waals surface area contributed by atoms with Crippen molar-refractivity contribution in [3.8, 4) is 0 Å². The first-order valence-corrected chi connectivity index (χ1v) is 6.52. The van der Waals surface area contributed by atoms with Crippen molar-refractivity contribution in [3.05, 3.63) is 24.3 Å². The molecule has 1 aliphatic rings. The minimum absolute atomic E-state index is 0.164. The van der Waals surface area contributed by atoms with E-state index in [-0.39, 0.29) is 11.7 Å². The first kappa shape index (κ1) is 12.9. The predicted octanol–water partition coefficient (Wildman–Crippen LogP) is 1.48. The third-order valence-electron chi connectivity index (χ3n) is 3.55. The fourth-order valence-electron chi connectivity index (χ4n) is 2.31. The highest BCUT2D eigenvalue weighted by molar-refractivity contribution is 6.00.